The third kappa shape index (κ3) is 4.08. The van der Waals surface area contributed by atoms with Gasteiger partial charge in [0.15, 0.2) is 11.5 Å². The highest BCUT2D eigenvalue weighted by Crippen LogP contribution is 2.45. The summed E-state index contributed by atoms with van der Waals surface area (Å²) in [5.41, 5.74) is 8.51. The number of phenolic OH excluding ortho intramolecular Hbond substituents is 1. The SMILES string of the molecule is CC(C)c1c(N)cc(Br)c(Oc2ccc(O)cc2C(=O)c2ccccc2)c1Br. The fourth-order valence-electron chi connectivity index (χ4n) is 2.95. The number of ether oxygens (including phenoxy) is 1. The molecule has 0 atom stereocenters. The number of halogens is 2. The number of rotatable bonds is 5. The van der Waals surface area contributed by atoms with Gasteiger partial charge in [-0.2, -0.15) is 0 Å². The zero-order valence-corrected chi connectivity index (χ0v) is 18.5. The van der Waals surface area contributed by atoms with E-state index in [2.05, 4.69) is 31.9 Å². The molecule has 28 heavy (non-hydrogen) atoms. The molecule has 4 nitrogen and oxygen atoms in total. The second-order valence-electron chi connectivity index (χ2n) is 6.64. The number of ketones is 1. The molecular formula is C22H19Br2NO3. The van der Waals surface area contributed by atoms with E-state index in [4.69, 9.17) is 10.5 Å². The monoisotopic (exact) mass is 503 g/mol. The molecule has 0 aliphatic rings. The number of nitrogen functional groups attached to an aromatic ring is 1. The van der Waals surface area contributed by atoms with Gasteiger partial charge in [0.05, 0.1) is 14.5 Å². The molecule has 0 aliphatic heterocycles. The molecule has 3 aromatic carbocycles. The third-order valence-electron chi connectivity index (χ3n) is 4.28. The number of nitrogens with two attached hydrogens (primary N) is 1. The van der Waals surface area contributed by atoms with Gasteiger partial charge in [-0.05, 0) is 67.6 Å². The minimum absolute atomic E-state index is 0.00932. The lowest BCUT2D eigenvalue weighted by molar-refractivity contribution is 0.103. The second kappa shape index (κ2) is 8.37. The maximum absolute atomic E-state index is 13.0. The van der Waals surface area contributed by atoms with Gasteiger partial charge in [0.25, 0.3) is 0 Å². The van der Waals surface area contributed by atoms with Crippen molar-refractivity contribution in [3.63, 3.8) is 0 Å². The summed E-state index contributed by atoms with van der Waals surface area (Å²) in [6.07, 6.45) is 0. The molecular weight excluding hydrogens is 486 g/mol. The van der Waals surface area contributed by atoms with Crippen molar-refractivity contribution in [3.05, 3.63) is 80.2 Å². The summed E-state index contributed by atoms with van der Waals surface area (Å²) in [4.78, 5) is 13.0. The van der Waals surface area contributed by atoms with Gasteiger partial charge in [-0.25, -0.2) is 0 Å². The van der Waals surface area contributed by atoms with Crippen molar-refractivity contribution in [3.8, 4) is 17.2 Å². The molecule has 0 aliphatic carbocycles. The van der Waals surface area contributed by atoms with Crippen LogP contribution in [0.15, 0.2) is 63.5 Å². The fourth-order valence-corrected chi connectivity index (χ4v) is 4.73. The Balaban J connectivity index is 2.10. The Morgan fingerprint density at radius 3 is 2.39 bits per heavy atom. The van der Waals surface area contributed by atoms with Gasteiger partial charge in [-0.1, -0.05) is 44.2 Å². The molecule has 144 valence electrons. The van der Waals surface area contributed by atoms with Crippen molar-refractivity contribution >= 4 is 43.3 Å². The summed E-state index contributed by atoms with van der Waals surface area (Å²) in [5.74, 6) is 0.788. The summed E-state index contributed by atoms with van der Waals surface area (Å²) in [6.45, 7) is 4.08. The Kier molecular flexibility index (Phi) is 6.10. The van der Waals surface area contributed by atoms with E-state index in [0.29, 0.717) is 27.2 Å². The van der Waals surface area contributed by atoms with Crippen LogP contribution in [-0.2, 0) is 0 Å². The summed E-state index contributed by atoms with van der Waals surface area (Å²) in [6, 6.07) is 15.1. The molecule has 3 N–H and O–H groups in total. The van der Waals surface area contributed by atoms with Crippen LogP contribution in [0.5, 0.6) is 17.2 Å². The fraction of sp³-hybridized carbons (Fsp3) is 0.136. The highest BCUT2D eigenvalue weighted by molar-refractivity contribution is 9.11. The maximum Gasteiger partial charge on any atom is 0.196 e. The molecule has 3 rings (SSSR count). The Morgan fingerprint density at radius 2 is 1.75 bits per heavy atom. The number of aromatic hydroxyl groups is 1. The Bertz CT molecular complexity index is 1030. The van der Waals surface area contributed by atoms with E-state index in [0.717, 1.165) is 10.0 Å². The van der Waals surface area contributed by atoms with Crippen molar-refractivity contribution in [2.45, 2.75) is 19.8 Å². The van der Waals surface area contributed by atoms with Crippen molar-refractivity contribution in [1.82, 2.24) is 0 Å². The zero-order chi connectivity index (χ0) is 20.4. The molecule has 6 heteroatoms. The van der Waals surface area contributed by atoms with Gasteiger partial charge in [-0.15, -0.1) is 0 Å². The molecule has 0 fully saturated rings. The number of hydrogen-bond acceptors (Lipinski definition) is 4. The molecule has 0 aromatic heterocycles. The minimum atomic E-state index is -0.238. The molecule has 3 aromatic rings. The van der Waals surface area contributed by atoms with Crippen LogP contribution in [0.2, 0.25) is 0 Å². The van der Waals surface area contributed by atoms with Gasteiger partial charge in [0, 0.05) is 11.3 Å². The van der Waals surface area contributed by atoms with Gasteiger partial charge < -0.3 is 15.6 Å². The first-order chi connectivity index (χ1) is 13.3. The summed E-state index contributed by atoms with van der Waals surface area (Å²) < 4.78 is 7.52. The highest BCUT2D eigenvalue weighted by Gasteiger charge is 2.21. The van der Waals surface area contributed by atoms with E-state index in [9.17, 15) is 9.90 Å². The van der Waals surface area contributed by atoms with E-state index < -0.39 is 0 Å². The smallest absolute Gasteiger partial charge is 0.196 e. The number of anilines is 1. The Labute approximate surface area is 180 Å². The summed E-state index contributed by atoms with van der Waals surface area (Å²) >= 11 is 7.08. The van der Waals surface area contributed by atoms with Crippen molar-refractivity contribution in [2.24, 2.45) is 0 Å². The molecule has 0 saturated heterocycles. The van der Waals surface area contributed by atoms with Crippen LogP contribution in [0, 0.1) is 0 Å². The summed E-state index contributed by atoms with van der Waals surface area (Å²) in [7, 11) is 0. The number of carbonyl (C=O) groups is 1. The van der Waals surface area contributed by atoms with Gasteiger partial charge in [-0.3, -0.25) is 4.79 Å². The highest BCUT2D eigenvalue weighted by atomic mass is 79.9. The van der Waals surface area contributed by atoms with Crippen LogP contribution in [0.4, 0.5) is 5.69 Å². The maximum atomic E-state index is 13.0. The van der Waals surface area contributed by atoms with Crippen LogP contribution in [0.25, 0.3) is 0 Å². The van der Waals surface area contributed by atoms with Crippen molar-refractivity contribution in [1.29, 1.82) is 0 Å². The first-order valence-electron chi connectivity index (χ1n) is 8.67. The first kappa shape index (κ1) is 20.4. The van der Waals surface area contributed by atoms with Gasteiger partial charge in [0.1, 0.15) is 11.5 Å². The van der Waals surface area contributed by atoms with E-state index in [1.54, 1.807) is 36.4 Å². The first-order valence-corrected chi connectivity index (χ1v) is 10.3. The molecule has 0 spiro atoms. The van der Waals surface area contributed by atoms with Crippen LogP contribution in [0.3, 0.4) is 0 Å². The minimum Gasteiger partial charge on any atom is -0.508 e. The zero-order valence-electron chi connectivity index (χ0n) is 15.4. The quantitative estimate of drug-likeness (QED) is 0.301. The lowest BCUT2D eigenvalue weighted by Crippen LogP contribution is -2.05. The average Bonchev–Trinajstić information content (AvgIpc) is 2.65. The van der Waals surface area contributed by atoms with E-state index in [1.165, 1.54) is 12.1 Å². The van der Waals surface area contributed by atoms with E-state index in [-0.39, 0.29) is 23.0 Å². The molecule has 0 heterocycles. The van der Waals surface area contributed by atoms with Crippen LogP contribution in [0.1, 0.15) is 41.3 Å². The number of phenols is 1. The largest absolute Gasteiger partial charge is 0.508 e. The van der Waals surface area contributed by atoms with E-state index >= 15 is 0 Å². The molecule has 0 bridgehead atoms. The Hall–Kier alpha value is -2.31. The van der Waals surface area contributed by atoms with Crippen LogP contribution in [-0.4, -0.2) is 10.9 Å². The number of benzene rings is 3. The lowest BCUT2D eigenvalue weighted by Gasteiger charge is -2.19. The standard InChI is InChI=1S/C22H19Br2NO3/c1-12(2)19-17(25)11-16(23)22(20(19)24)28-18-9-8-14(26)10-15(18)21(27)13-6-4-3-5-7-13/h3-12,26H,25H2,1-2H3. The topological polar surface area (TPSA) is 72.6 Å². The molecule has 0 amide bonds. The third-order valence-corrected chi connectivity index (χ3v) is 5.66. The molecule has 0 radical (unpaired) electrons. The number of hydrogen-bond donors (Lipinski definition) is 2. The predicted octanol–water partition coefficient (Wildman–Crippen LogP) is 6.65. The van der Waals surface area contributed by atoms with E-state index in [1.807, 2.05) is 19.9 Å². The molecule has 0 unspecified atom stereocenters. The van der Waals surface area contributed by atoms with Gasteiger partial charge >= 0.3 is 0 Å². The average molecular weight is 505 g/mol. The summed E-state index contributed by atoms with van der Waals surface area (Å²) in [5, 5.41) is 9.92. The lowest BCUT2D eigenvalue weighted by atomic mass is 10.0. The van der Waals surface area contributed by atoms with Crippen molar-refractivity contribution in [2.75, 3.05) is 5.73 Å². The van der Waals surface area contributed by atoms with Crippen LogP contribution < -0.4 is 10.5 Å². The van der Waals surface area contributed by atoms with Crippen LogP contribution >= 0.6 is 31.9 Å². The number of carbonyl (C=O) groups excluding carboxylic acids is 1. The normalized spacial score (nSPS) is 10.9. The van der Waals surface area contributed by atoms with Crippen molar-refractivity contribution < 1.29 is 14.6 Å². The Morgan fingerprint density at radius 1 is 1.07 bits per heavy atom. The van der Waals surface area contributed by atoms with Gasteiger partial charge in [0.2, 0.25) is 0 Å². The molecule has 0 saturated carbocycles. The predicted molar refractivity (Wildman–Crippen MR) is 118 cm³/mol. The second-order valence-corrected chi connectivity index (χ2v) is 8.28.